The summed E-state index contributed by atoms with van der Waals surface area (Å²) in [5.41, 5.74) is 0.949. The molecule has 1 N–H and O–H groups in total. The van der Waals surface area contributed by atoms with Crippen LogP contribution in [0.25, 0.3) is 11.0 Å². The number of carbonyl (C=O) groups excluding carboxylic acids is 2. The van der Waals surface area contributed by atoms with Crippen molar-refractivity contribution in [2.24, 2.45) is 0 Å². The number of fused-ring (bicyclic) bond motifs is 1. The molecule has 0 radical (unpaired) electrons. The Balaban J connectivity index is 1.58. The molecule has 7 heteroatoms. The van der Waals surface area contributed by atoms with Gasteiger partial charge in [0.2, 0.25) is 5.76 Å². The van der Waals surface area contributed by atoms with Gasteiger partial charge in [0.05, 0.1) is 0 Å². The maximum atomic E-state index is 13.2. The van der Waals surface area contributed by atoms with Crippen molar-refractivity contribution >= 4 is 28.5 Å². The number of carbonyl (C=O) groups is 2. The highest BCUT2D eigenvalue weighted by atomic mass is 16.5. The summed E-state index contributed by atoms with van der Waals surface area (Å²) < 4.78 is 11.6. The number of amides is 2. The fraction of sp³-hybridized carbons (Fsp3) is 0.304. The maximum absolute atomic E-state index is 13.2. The number of nitrogens with one attached hydrogen (secondary N) is 1. The van der Waals surface area contributed by atoms with Crippen molar-refractivity contribution in [2.45, 2.75) is 13.0 Å². The standard InChI is InChI=1S/C23H25N3O4/c1-16(29-17-8-4-3-5-9-17)22(27)24-20-18-10-6-7-11-19(18)30-21(20)23(28)26-14-12-25(2)13-15-26/h3-11,16H,12-15H2,1-2H3,(H,24,27)/t16-/m1/s1. The highest BCUT2D eigenvalue weighted by Gasteiger charge is 2.29. The lowest BCUT2D eigenvalue weighted by Crippen LogP contribution is -2.47. The third-order valence-electron chi connectivity index (χ3n) is 5.25. The third kappa shape index (κ3) is 4.16. The fourth-order valence-corrected chi connectivity index (χ4v) is 3.45. The van der Waals surface area contributed by atoms with Gasteiger partial charge in [-0.05, 0) is 38.2 Å². The highest BCUT2D eigenvalue weighted by Crippen LogP contribution is 2.32. The average molecular weight is 407 g/mol. The van der Waals surface area contributed by atoms with Gasteiger partial charge in [-0.3, -0.25) is 9.59 Å². The second-order valence-corrected chi connectivity index (χ2v) is 7.46. The molecule has 0 bridgehead atoms. The molecule has 3 aromatic rings. The number of para-hydroxylation sites is 2. The van der Waals surface area contributed by atoms with Crippen molar-refractivity contribution in [1.29, 1.82) is 0 Å². The van der Waals surface area contributed by atoms with Gasteiger partial charge in [0.15, 0.2) is 6.10 Å². The normalized spacial score (nSPS) is 15.7. The van der Waals surface area contributed by atoms with Crippen LogP contribution < -0.4 is 10.1 Å². The molecule has 2 amide bonds. The van der Waals surface area contributed by atoms with Crippen LogP contribution in [0.5, 0.6) is 5.75 Å². The molecule has 0 aliphatic carbocycles. The lowest BCUT2D eigenvalue weighted by atomic mass is 10.2. The van der Waals surface area contributed by atoms with Gasteiger partial charge in [-0.25, -0.2) is 0 Å². The average Bonchev–Trinajstić information content (AvgIpc) is 3.13. The van der Waals surface area contributed by atoms with Crippen molar-refractivity contribution in [2.75, 3.05) is 38.5 Å². The Kier molecular flexibility index (Phi) is 5.72. The van der Waals surface area contributed by atoms with E-state index in [0.29, 0.717) is 35.5 Å². The lowest BCUT2D eigenvalue weighted by Gasteiger charge is -2.32. The largest absolute Gasteiger partial charge is 0.481 e. The van der Waals surface area contributed by atoms with E-state index in [2.05, 4.69) is 10.2 Å². The van der Waals surface area contributed by atoms with Crippen LogP contribution in [0, 0.1) is 0 Å². The predicted octanol–water partition coefficient (Wildman–Crippen LogP) is 3.23. The molecule has 1 aliphatic heterocycles. The quantitative estimate of drug-likeness (QED) is 0.703. The van der Waals surface area contributed by atoms with Crippen molar-refractivity contribution in [3.8, 4) is 5.75 Å². The van der Waals surface area contributed by atoms with Gasteiger partial charge in [0.25, 0.3) is 11.8 Å². The first-order valence-corrected chi connectivity index (χ1v) is 10.0. The summed E-state index contributed by atoms with van der Waals surface area (Å²) in [6, 6.07) is 16.5. The van der Waals surface area contributed by atoms with Gasteiger partial charge in [-0.1, -0.05) is 30.3 Å². The molecule has 156 valence electrons. The van der Waals surface area contributed by atoms with Crippen molar-refractivity contribution in [1.82, 2.24) is 9.80 Å². The zero-order valence-electron chi connectivity index (χ0n) is 17.1. The number of likely N-dealkylation sites (N-methyl/N-ethyl adjacent to an activating group) is 1. The molecular weight excluding hydrogens is 382 g/mol. The number of ether oxygens (including phenoxy) is 1. The maximum Gasteiger partial charge on any atom is 0.291 e. The van der Waals surface area contributed by atoms with E-state index < -0.39 is 6.10 Å². The van der Waals surface area contributed by atoms with Crippen LogP contribution in [0.3, 0.4) is 0 Å². The number of benzene rings is 2. The molecule has 30 heavy (non-hydrogen) atoms. The summed E-state index contributed by atoms with van der Waals surface area (Å²) in [5.74, 6) is 0.191. The topological polar surface area (TPSA) is 75.0 Å². The molecule has 0 unspecified atom stereocenters. The Hall–Kier alpha value is -3.32. The van der Waals surface area contributed by atoms with Crippen molar-refractivity contribution in [3.63, 3.8) is 0 Å². The molecule has 0 saturated carbocycles. The first kappa shape index (κ1) is 20.0. The second kappa shape index (κ2) is 8.59. The third-order valence-corrected chi connectivity index (χ3v) is 5.25. The zero-order chi connectivity index (χ0) is 21.1. The molecule has 2 heterocycles. The molecule has 1 atom stereocenters. The Morgan fingerprint density at radius 1 is 1.00 bits per heavy atom. The van der Waals surface area contributed by atoms with Gasteiger partial charge in [0, 0.05) is 31.6 Å². The van der Waals surface area contributed by atoms with Gasteiger partial charge in [-0.2, -0.15) is 0 Å². The van der Waals surface area contributed by atoms with Gasteiger partial charge >= 0.3 is 0 Å². The Labute approximate surface area is 175 Å². The van der Waals surface area contributed by atoms with Gasteiger partial charge in [-0.15, -0.1) is 0 Å². The molecule has 2 aromatic carbocycles. The smallest absolute Gasteiger partial charge is 0.291 e. The number of piperazine rings is 1. The van der Waals surface area contributed by atoms with Crippen LogP contribution in [0.1, 0.15) is 17.5 Å². The first-order valence-electron chi connectivity index (χ1n) is 10.0. The molecular formula is C23H25N3O4. The van der Waals surface area contributed by atoms with E-state index in [-0.39, 0.29) is 17.6 Å². The summed E-state index contributed by atoms with van der Waals surface area (Å²) in [5, 5.41) is 3.56. The molecule has 7 nitrogen and oxygen atoms in total. The SMILES string of the molecule is C[C@@H](Oc1ccccc1)C(=O)Nc1c(C(=O)N2CCN(C)CC2)oc2ccccc12. The number of nitrogens with zero attached hydrogens (tertiary/aromatic N) is 2. The van der Waals surface area contributed by atoms with Crippen LogP contribution in [0.4, 0.5) is 5.69 Å². The van der Waals surface area contributed by atoms with Crippen LogP contribution in [-0.4, -0.2) is 60.9 Å². The number of furan rings is 1. The first-order chi connectivity index (χ1) is 14.5. The van der Waals surface area contributed by atoms with E-state index >= 15 is 0 Å². The summed E-state index contributed by atoms with van der Waals surface area (Å²) in [4.78, 5) is 29.9. The molecule has 1 saturated heterocycles. The fourth-order valence-electron chi connectivity index (χ4n) is 3.45. The van der Waals surface area contributed by atoms with E-state index in [1.165, 1.54) is 0 Å². The van der Waals surface area contributed by atoms with Crippen LogP contribution in [-0.2, 0) is 4.79 Å². The number of hydrogen-bond acceptors (Lipinski definition) is 5. The van der Waals surface area contributed by atoms with Crippen molar-refractivity contribution in [3.05, 3.63) is 60.4 Å². The number of rotatable bonds is 5. The van der Waals surface area contributed by atoms with Crippen molar-refractivity contribution < 1.29 is 18.7 Å². The van der Waals surface area contributed by atoms with Crippen LogP contribution in [0.2, 0.25) is 0 Å². The summed E-state index contributed by atoms with van der Waals surface area (Å²) in [6.07, 6.45) is -0.743. The minimum absolute atomic E-state index is 0.154. The highest BCUT2D eigenvalue weighted by molar-refractivity contribution is 6.11. The summed E-state index contributed by atoms with van der Waals surface area (Å²) in [7, 11) is 2.03. The Morgan fingerprint density at radius 3 is 2.40 bits per heavy atom. The lowest BCUT2D eigenvalue weighted by molar-refractivity contribution is -0.122. The summed E-state index contributed by atoms with van der Waals surface area (Å²) >= 11 is 0. The van der Waals surface area contributed by atoms with E-state index in [1.807, 2.05) is 43.4 Å². The van der Waals surface area contributed by atoms with Gasteiger partial charge in [0.1, 0.15) is 17.0 Å². The van der Waals surface area contributed by atoms with E-state index in [0.717, 1.165) is 13.1 Å². The molecule has 0 spiro atoms. The Bertz CT molecular complexity index is 1040. The van der Waals surface area contributed by atoms with Crippen LogP contribution in [0.15, 0.2) is 59.0 Å². The van der Waals surface area contributed by atoms with Crippen LogP contribution >= 0.6 is 0 Å². The molecule has 1 aromatic heterocycles. The molecule has 1 aliphatic rings. The summed E-state index contributed by atoms with van der Waals surface area (Å²) in [6.45, 7) is 4.51. The number of hydrogen-bond donors (Lipinski definition) is 1. The molecule has 4 rings (SSSR count). The monoisotopic (exact) mass is 407 g/mol. The second-order valence-electron chi connectivity index (χ2n) is 7.46. The van der Waals surface area contributed by atoms with E-state index in [4.69, 9.17) is 9.15 Å². The minimum atomic E-state index is -0.743. The number of anilines is 1. The van der Waals surface area contributed by atoms with E-state index in [1.54, 1.807) is 30.0 Å². The predicted molar refractivity (Wildman–Crippen MR) is 115 cm³/mol. The molecule has 1 fully saturated rings. The van der Waals surface area contributed by atoms with Gasteiger partial charge < -0.3 is 24.3 Å². The zero-order valence-corrected chi connectivity index (χ0v) is 17.1. The Morgan fingerprint density at radius 2 is 1.67 bits per heavy atom. The minimum Gasteiger partial charge on any atom is -0.481 e. The van der Waals surface area contributed by atoms with E-state index in [9.17, 15) is 9.59 Å².